The molecule has 1 N–H and O–H groups in total. The molecule has 1 rings (SSSR count). The monoisotopic (exact) mass is 262 g/mol. The van der Waals surface area contributed by atoms with Crippen LogP contribution in [0.2, 0.25) is 0 Å². The molecular formula is C17H30N2. The smallest absolute Gasteiger partial charge is 0.0393 e. The second-order valence-electron chi connectivity index (χ2n) is 6.60. The highest BCUT2D eigenvalue weighted by atomic mass is 15.1. The molecule has 0 bridgehead atoms. The van der Waals surface area contributed by atoms with Crippen molar-refractivity contribution in [2.24, 2.45) is 0 Å². The molecule has 0 unspecified atom stereocenters. The first-order valence-electron chi connectivity index (χ1n) is 7.33. The van der Waals surface area contributed by atoms with E-state index in [0.29, 0.717) is 0 Å². The van der Waals surface area contributed by atoms with Gasteiger partial charge in [-0.1, -0.05) is 17.7 Å². The van der Waals surface area contributed by atoms with Crippen molar-refractivity contribution in [2.75, 3.05) is 25.0 Å². The molecule has 1 aromatic carbocycles. The fourth-order valence-electron chi connectivity index (χ4n) is 2.29. The summed E-state index contributed by atoms with van der Waals surface area (Å²) in [5.74, 6) is 0. The standard InChI is InChI=1S/C17H30N2/c1-14-9-10-16(15(2)13-14)19(6)12-8-7-11-18-17(3,4)5/h9-10,13,18H,7-8,11-12H2,1-6H3. The maximum absolute atomic E-state index is 3.54. The lowest BCUT2D eigenvalue weighted by atomic mass is 10.1. The van der Waals surface area contributed by atoms with Crippen LogP contribution in [0.3, 0.4) is 0 Å². The lowest BCUT2D eigenvalue weighted by Gasteiger charge is -2.23. The number of benzene rings is 1. The van der Waals surface area contributed by atoms with Crippen LogP contribution in [0.5, 0.6) is 0 Å². The Labute approximate surface area is 119 Å². The van der Waals surface area contributed by atoms with Gasteiger partial charge in [0.05, 0.1) is 0 Å². The molecular weight excluding hydrogens is 232 g/mol. The summed E-state index contributed by atoms with van der Waals surface area (Å²) < 4.78 is 0. The zero-order valence-electron chi connectivity index (χ0n) is 13.5. The molecule has 0 aliphatic rings. The lowest BCUT2D eigenvalue weighted by molar-refractivity contribution is 0.419. The Morgan fingerprint density at radius 3 is 2.37 bits per heavy atom. The van der Waals surface area contributed by atoms with E-state index in [0.717, 1.165) is 13.1 Å². The third-order valence-electron chi connectivity index (χ3n) is 3.34. The van der Waals surface area contributed by atoms with Gasteiger partial charge in [0, 0.05) is 24.8 Å². The summed E-state index contributed by atoms with van der Waals surface area (Å²) in [6, 6.07) is 6.69. The lowest BCUT2D eigenvalue weighted by Crippen LogP contribution is -2.36. The largest absolute Gasteiger partial charge is 0.374 e. The zero-order chi connectivity index (χ0) is 14.5. The third kappa shape index (κ3) is 6.11. The third-order valence-corrected chi connectivity index (χ3v) is 3.34. The van der Waals surface area contributed by atoms with Crippen LogP contribution in [0.1, 0.15) is 44.7 Å². The van der Waals surface area contributed by atoms with Crippen molar-refractivity contribution in [1.82, 2.24) is 5.32 Å². The quantitative estimate of drug-likeness (QED) is 0.782. The van der Waals surface area contributed by atoms with Crippen LogP contribution in [0, 0.1) is 13.8 Å². The molecule has 2 nitrogen and oxygen atoms in total. The first-order valence-corrected chi connectivity index (χ1v) is 7.33. The summed E-state index contributed by atoms with van der Waals surface area (Å²) >= 11 is 0. The molecule has 0 aliphatic heterocycles. The van der Waals surface area contributed by atoms with Crippen LogP contribution in [0.15, 0.2) is 18.2 Å². The topological polar surface area (TPSA) is 15.3 Å². The molecule has 0 spiro atoms. The van der Waals surface area contributed by atoms with E-state index >= 15 is 0 Å². The van der Waals surface area contributed by atoms with Gasteiger partial charge in [0.1, 0.15) is 0 Å². The number of nitrogens with one attached hydrogen (secondary N) is 1. The normalized spacial score (nSPS) is 11.7. The minimum Gasteiger partial charge on any atom is -0.374 e. The van der Waals surface area contributed by atoms with Crippen molar-refractivity contribution in [3.63, 3.8) is 0 Å². The summed E-state index contributed by atoms with van der Waals surface area (Å²) in [7, 11) is 2.19. The van der Waals surface area contributed by atoms with E-state index in [1.54, 1.807) is 0 Å². The number of anilines is 1. The molecule has 0 atom stereocenters. The Kier molecular flexibility index (Phi) is 5.86. The van der Waals surface area contributed by atoms with Gasteiger partial charge in [-0.3, -0.25) is 0 Å². The number of nitrogens with zero attached hydrogens (tertiary/aromatic N) is 1. The van der Waals surface area contributed by atoms with Gasteiger partial charge < -0.3 is 10.2 Å². The van der Waals surface area contributed by atoms with Gasteiger partial charge in [-0.25, -0.2) is 0 Å². The fraction of sp³-hybridized carbons (Fsp3) is 0.647. The van der Waals surface area contributed by atoms with Gasteiger partial charge in [-0.05, 0) is 65.6 Å². The van der Waals surface area contributed by atoms with Gasteiger partial charge in [0.15, 0.2) is 0 Å². The first-order chi connectivity index (χ1) is 8.79. The second-order valence-corrected chi connectivity index (χ2v) is 6.60. The molecule has 2 heteroatoms. The maximum Gasteiger partial charge on any atom is 0.0393 e. The summed E-state index contributed by atoms with van der Waals surface area (Å²) in [5.41, 5.74) is 4.30. The van der Waals surface area contributed by atoms with Crippen LogP contribution < -0.4 is 10.2 Å². The number of rotatable bonds is 6. The predicted molar refractivity (Wildman–Crippen MR) is 86.2 cm³/mol. The Balaban J connectivity index is 2.33. The molecule has 0 aliphatic carbocycles. The number of hydrogen-bond donors (Lipinski definition) is 1. The maximum atomic E-state index is 3.54. The average molecular weight is 262 g/mol. The van der Waals surface area contributed by atoms with E-state index in [1.807, 2.05) is 0 Å². The summed E-state index contributed by atoms with van der Waals surface area (Å²) in [6.45, 7) is 13.2. The summed E-state index contributed by atoms with van der Waals surface area (Å²) in [5, 5.41) is 3.54. The highest BCUT2D eigenvalue weighted by Gasteiger charge is 2.08. The van der Waals surface area contributed by atoms with Gasteiger partial charge >= 0.3 is 0 Å². The first kappa shape index (κ1) is 16.0. The molecule has 0 fully saturated rings. The zero-order valence-corrected chi connectivity index (χ0v) is 13.5. The van der Waals surface area contributed by atoms with Gasteiger partial charge in [-0.2, -0.15) is 0 Å². The van der Waals surface area contributed by atoms with Crippen molar-refractivity contribution in [3.05, 3.63) is 29.3 Å². The van der Waals surface area contributed by atoms with Crippen molar-refractivity contribution >= 4 is 5.69 Å². The Morgan fingerprint density at radius 1 is 1.11 bits per heavy atom. The number of aryl methyl sites for hydroxylation is 2. The minimum atomic E-state index is 0.236. The fourth-order valence-corrected chi connectivity index (χ4v) is 2.29. The van der Waals surface area contributed by atoms with E-state index in [1.165, 1.54) is 29.7 Å². The molecule has 1 aromatic rings. The molecule has 0 radical (unpaired) electrons. The van der Waals surface area contributed by atoms with Gasteiger partial charge in [0.2, 0.25) is 0 Å². The van der Waals surface area contributed by atoms with E-state index in [4.69, 9.17) is 0 Å². The predicted octanol–water partition coefficient (Wildman–Crippen LogP) is 3.91. The Hall–Kier alpha value is -1.02. The minimum absolute atomic E-state index is 0.236. The second kappa shape index (κ2) is 6.95. The number of hydrogen-bond acceptors (Lipinski definition) is 2. The van der Waals surface area contributed by atoms with E-state index in [-0.39, 0.29) is 5.54 Å². The molecule has 108 valence electrons. The van der Waals surface area contributed by atoms with Gasteiger partial charge in [0.25, 0.3) is 0 Å². The Bertz CT molecular complexity index is 391. The van der Waals surface area contributed by atoms with Crippen LogP contribution in [0.25, 0.3) is 0 Å². The van der Waals surface area contributed by atoms with Crippen molar-refractivity contribution in [1.29, 1.82) is 0 Å². The van der Waals surface area contributed by atoms with Crippen LogP contribution in [-0.2, 0) is 0 Å². The molecule has 19 heavy (non-hydrogen) atoms. The van der Waals surface area contributed by atoms with Crippen LogP contribution >= 0.6 is 0 Å². The molecule has 0 aromatic heterocycles. The number of unbranched alkanes of at least 4 members (excludes halogenated alkanes) is 1. The van der Waals surface area contributed by atoms with Gasteiger partial charge in [-0.15, -0.1) is 0 Å². The highest BCUT2D eigenvalue weighted by Crippen LogP contribution is 2.20. The van der Waals surface area contributed by atoms with Crippen molar-refractivity contribution < 1.29 is 0 Å². The van der Waals surface area contributed by atoms with E-state index in [2.05, 4.69) is 70.1 Å². The summed E-state index contributed by atoms with van der Waals surface area (Å²) in [6.07, 6.45) is 2.46. The van der Waals surface area contributed by atoms with E-state index < -0.39 is 0 Å². The molecule has 0 heterocycles. The molecule has 0 amide bonds. The van der Waals surface area contributed by atoms with Crippen LogP contribution in [-0.4, -0.2) is 25.7 Å². The Morgan fingerprint density at radius 2 is 1.79 bits per heavy atom. The molecule has 0 saturated heterocycles. The SMILES string of the molecule is Cc1ccc(N(C)CCCCNC(C)(C)C)c(C)c1. The summed E-state index contributed by atoms with van der Waals surface area (Å²) in [4.78, 5) is 2.37. The van der Waals surface area contributed by atoms with Crippen molar-refractivity contribution in [3.8, 4) is 0 Å². The molecule has 0 saturated carbocycles. The van der Waals surface area contributed by atoms with E-state index in [9.17, 15) is 0 Å². The van der Waals surface area contributed by atoms with Crippen LogP contribution in [0.4, 0.5) is 5.69 Å². The van der Waals surface area contributed by atoms with Crippen molar-refractivity contribution in [2.45, 2.75) is 53.0 Å². The highest BCUT2D eigenvalue weighted by molar-refractivity contribution is 5.53. The average Bonchev–Trinajstić information content (AvgIpc) is 2.26.